The first kappa shape index (κ1) is 14.5. The van der Waals surface area contributed by atoms with Gasteiger partial charge in [0.1, 0.15) is 5.82 Å². The number of amides is 1. The molecule has 1 amide bonds. The van der Waals surface area contributed by atoms with Crippen molar-refractivity contribution < 1.29 is 9.18 Å². The molecule has 2 rings (SSSR count). The molecule has 1 aromatic carbocycles. The van der Waals surface area contributed by atoms with Gasteiger partial charge in [0.25, 0.3) is 0 Å². The molecule has 0 radical (unpaired) electrons. The van der Waals surface area contributed by atoms with E-state index in [-0.39, 0.29) is 18.3 Å². The van der Waals surface area contributed by atoms with Gasteiger partial charge >= 0.3 is 0 Å². The molecule has 0 unspecified atom stereocenters. The number of hydrogen-bond donors (Lipinski definition) is 1. The first-order valence-electron chi connectivity index (χ1n) is 6.56. The molecule has 1 aliphatic rings. The molecule has 0 aromatic heterocycles. The molecule has 3 nitrogen and oxygen atoms in total. The van der Waals surface area contributed by atoms with E-state index in [4.69, 9.17) is 0 Å². The second kappa shape index (κ2) is 6.48. The lowest BCUT2D eigenvalue weighted by Gasteiger charge is -2.20. The van der Waals surface area contributed by atoms with Crippen LogP contribution in [0, 0.1) is 5.82 Å². The number of nitrogens with one attached hydrogen (secondary N) is 1. The zero-order valence-corrected chi connectivity index (χ0v) is 12.5. The van der Waals surface area contributed by atoms with E-state index in [1.807, 2.05) is 11.8 Å². The van der Waals surface area contributed by atoms with Gasteiger partial charge in [0.05, 0.1) is 6.54 Å². The summed E-state index contributed by atoms with van der Waals surface area (Å²) in [5, 5.41) is 3.01. The zero-order chi connectivity index (χ0) is 13.8. The summed E-state index contributed by atoms with van der Waals surface area (Å²) >= 11 is 3.31. The van der Waals surface area contributed by atoms with E-state index in [1.54, 1.807) is 12.1 Å². The average molecular weight is 329 g/mol. The molecular weight excluding hydrogens is 311 g/mol. The van der Waals surface area contributed by atoms with Crippen LogP contribution in [0.3, 0.4) is 0 Å². The van der Waals surface area contributed by atoms with Gasteiger partial charge in [0.2, 0.25) is 5.91 Å². The number of rotatable bonds is 6. The number of carbonyl (C=O) groups is 1. The molecule has 0 atom stereocenters. The van der Waals surface area contributed by atoms with Gasteiger partial charge in [-0.2, -0.15) is 0 Å². The maximum Gasteiger partial charge on any atom is 0.236 e. The first-order valence-corrected chi connectivity index (χ1v) is 7.35. The van der Waals surface area contributed by atoms with Crippen LogP contribution in [-0.2, 0) is 11.3 Å². The fourth-order valence-corrected chi connectivity index (χ4v) is 2.52. The Morgan fingerprint density at radius 2 is 2.26 bits per heavy atom. The average Bonchev–Trinajstić information content (AvgIpc) is 3.19. The van der Waals surface area contributed by atoms with E-state index < -0.39 is 0 Å². The molecule has 104 valence electrons. The maximum atomic E-state index is 13.5. The Kier molecular flexibility index (Phi) is 4.93. The first-order chi connectivity index (χ1) is 9.11. The minimum absolute atomic E-state index is 0.0976. The van der Waals surface area contributed by atoms with Crippen LogP contribution in [0.5, 0.6) is 0 Å². The van der Waals surface area contributed by atoms with Gasteiger partial charge < -0.3 is 10.2 Å². The Bertz CT molecular complexity index is 463. The molecule has 1 saturated carbocycles. The Morgan fingerprint density at radius 3 is 2.89 bits per heavy atom. The molecule has 0 heterocycles. The topological polar surface area (TPSA) is 32.3 Å². The van der Waals surface area contributed by atoms with Gasteiger partial charge in [-0.1, -0.05) is 15.9 Å². The molecular formula is C14H18BrFN2O. The minimum atomic E-state index is -0.252. The number of benzene rings is 1. The molecule has 5 heteroatoms. The van der Waals surface area contributed by atoms with E-state index in [2.05, 4.69) is 21.2 Å². The third-order valence-electron chi connectivity index (χ3n) is 3.25. The normalized spacial score (nSPS) is 14.5. The van der Waals surface area contributed by atoms with Crippen LogP contribution in [0.1, 0.15) is 25.3 Å². The lowest BCUT2D eigenvalue weighted by atomic mass is 10.2. The number of hydrogen-bond acceptors (Lipinski definition) is 2. The molecule has 1 aromatic rings. The second-order valence-corrected chi connectivity index (χ2v) is 5.67. The van der Waals surface area contributed by atoms with Crippen molar-refractivity contribution in [1.29, 1.82) is 0 Å². The summed E-state index contributed by atoms with van der Waals surface area (Å²) in [7, 11) is 0. The summed E-state index contributed by atoms with van der Waals surface area (Å²) in [4.78, 5) is 13.9. The molecule has 0 bridgehead atoms. The van der Waals surface area contributed by atoms with E-state index in [1.165, 1.54) is 6.07 Å². The summed E-state index contributed by atoms with van der Waals surface area (Å²) < 4.78 is 14.3. The van der Waals surface area contributed by atoms with Gasteiger partial charge in [-0.3, -0.25) is 4.79 Å². The smallest absolute Gasteiger partial charge is 0.236 e. The molecule has 0 spiro atoms. The lowest BCUT2D eigenvalue weighted by molar-refractivity contribution is -0.130. The fraction of sp³-hybridized carbons (Fsp3) is 0.500. The molecule has 19 heavy (non-hydrogen) atoms. The SMILES string of the molecule is CCN(C(=O)CNCc1cc(Br)ccc1F)C1CC1. The predicted octanol–water partition coefficient (Wildman–Crippen LogP) is 2.69. The molecule has 1 aliphatic carbocycles. The number of nitrogens with zero attached hydrogens (tertiary/aromatic N) is 1. The quantitative estimate of drug-likeness (QED) is 0.870. The lowest BCUT2D eigenvalue weighted by Crippen LogP contribution is -2.39. The highest BCUT2D eigenvalue weighted by molar-refractivity contribution is 9.10. The molecule has 0 aliphatic heterocycles. The van der Waals surface area contributed by atoms with Crippen molar-refractivity contribution in [1.82, 2.24) is 10.2 Å². The van der Waals surface area contributed by atoms with Crippen LogP contribution in [0.4, 0.5) is 4.39 Å². The Balaban J connectivity index is 1.82. The van der Waals surface area contributed by atoms with Crippen molar-refractivity contribution in [2.75, 3.05) is 13.1 Å². The third kappa shape index (κ3) is 4.01. The highest BCUT2D eigenvalue weighted by Gasteiger charge is 2.30. The van der Waals surface area contributed by atoms with Gasteiger partial charge in [-0.05, 0) is 38.0 Å². The highest BCUT2D eigenvalue weighted by Crippen LogP contribution is 2.26. The standard InChI is InChI=1S/C14H18BrFN2O/c1-2-18(12-4-5-12)14(19)9-17-8-10-7-11(15)3-6-13(10)16/h3,6-7,12,17H,2,4-5,8-9H2,1H3. The monoisotopic (exact) mass is 328 g/mol. The highest BCUT2D eigenvalue weighted by atomic mass is 79.9. The Hall–Kier alpha value is -0.940. The molecule has 1 N–H and O–H groups in total. The number of halogens is 2. The van der Waals surface area contributed by atoms with Crippen molar-refractivity contribution in [2.45, 2.75) is 32.4 Å². The van der Waals surface area contributed by atoms with Crippen LogP contribution in [0.2, 0.25) is 0 Å². The van der Waals surface area contributed by atoms with Crippen molar-refractivity contribution in [3.63, 3.8) is 0 Å². The van der Waals surface area contributed by atoms with Crippen molar-refractivity contribution in [3.8, 4) is 0 Å². The number of carbonyl (C=O) groups excluding carboxylic acids is 1. The van der Waals surface area contributed by atoms with E-state index in [0.717, 1.165) is 23.9 Å². The third-order valence-corrected chi connectivity index (χ3v) is 3.74. The Morgan fingerprint density at radius 1 is 1.53 bits per heavy atom. The molecule has 0 saturated heterocycles. The Labute approximate surface area is 121 Å². The van der Waals surface area contributed by atoms with Crippen molar-refractivity contribution in [2.24, 2.45) is 0 Å². The predicted molar refractivity (Wildman–Crippen MR) is 76.2 cm³/mol. The van der Waals surface area contributed by atoms with Crippen molar-refractivity contribution in [3.05, 3.63) is 34.1 Å². The summed E-state index contributed by atoms with van der Waals surface area (Å²) in [5.74, 6) is -0.155. The minimum Gasteiger partial charge on any atom is -0.339 e. The van der Waals surface area contributed by atoms with Crippen LogP contribution in [0.15, 0.2) is 22.7 Å². The summed E-state index contributed by atoms with van der Waals surface area (Å²) in [5.41, 5.74) is 0.566. The van der Waals surface area contributed by atoms with Gasteiger partial charge in [0.15, 0.2) is 0 Å². The van der Waals surface area contributed by atoms with Crippen LogP contribution < -0.4 is 5.32 Å². The van der Waals surface area contributed by atoms with E-state index in [9.17, 15) is 9.18 Å². The summed E-state index contributed by atoms with van der Waals surface area (Å²) in [6.45, 7) is 3.36. The second-order valence-electron chi connectivity index (χ2n) is 4.75. The fourth-order valence-electron chi connectivity index (χ4n) is 2.11. The number of likely N-dealkylation sites (N-methyl/N-ethyl adjacent to an activating group) is 1. The summed E-state index contributed by atoms with van der Waals surface area (Å²) in [6, 6.07) is 5.24. The van der Waals surface area contributed by atoms with E-state index in [0.29, 0.717) is 18.2 Å². The van der Waals surface area contributed by atoms with Gasteiger partial charge in [-0.15, -0.1) is 0 Å². The largest absolute Gasteiger partial charge is 0.339 e. The van der Waals surface area contributed by atoms with Crippen LogP contribution in [-0.4, -0.2) is 29.9 Å². The van der Waals surface area contributed by atoms with E-state index >= 15 is 0 Å². The van der Waals surface area contributed by atoms with Gasteiger partial charge in [-0.25, -0.2) is 4.39 Å². The molecule has 1 fully saturated rings. The maximum absolute atomic E-state index is 13.5. The van der Waals surface area contributed by atoms with Crippen molar-refractivity contribution >= 4 is 21.8 Å². The summed E-state index contributed by atoms with van der Waals surface area (Å²) in [6.07, 6.45) is 2.22. The van der Waals surface area contributed by atoms with Crippen LogP contribution >= 0.6 is 15.9 Å². The van der Waals surface area contributed by atoms with Crippen LogP contribution in [0.25, 0.3) is 0 Å². The van der Waals surface area contributed by atoms with Gasteiger partial charge in [0, 0.05) is 29.2 Å². The zero-order valence-electron chi connectivity index (χ0n) is 11.0.